The van der Waals surface area contributed by atoms with E-state index in [-0.39, 0.29) is 17.9 Å². The maximum absolute atomic E-state index is 12.5. The van der Waals surface area contributed by atoms with Crippen LogP contribution in [-0.4, -0.2) is 5.91 Å². The summed E-state index contributed by atoms with van der Waals surface area (Å²) in [6, 6.07) is 4.68. The van der Waals surface area contributed by atoms with E-state index in [9.17, 15) is 18.0 Å². The van der Waals surface area contributed by atoms with Crippen molar-refractivity contribution in [1.82, 2.24) is 5.32 Å². The number of nitrogens with one attached hydrogen (secondary N) is 1. The molecule has 1 saturated carbocycles. The van der Waals surface area contributed by atoms with Gasteiger partial charge < -0.3 is 5.32 Å². The Kier molecular flexibility index (Phi) is 4.91. The van der Waals surface area contributed by atoms with Gasteiger partial charge in [0.2, 0.25) is 5.91 Å². The molecule has 1 amide bonds. The highest BCUT2D eigenvalue weighted by Gasteiger charge is 2.30. The summed E-state index contributed by atoms with van der Waals surface area (Å²) in [5.74, 6) is 0.0674. The molecule has 0 bridgehead atoms. The molecule has 1 unspecified atom stereocenters. The van der Waals surface area contributed by atoms with Crippen molar-refractivity contribution in [3.05, 3.63) is 35.4 Å². The fraction of sp³-hybridized carbons (Fsp3) is 0.562. The van der Waals surface area contributed by atoms with Crippen molar-refractivity contribution in [2.45, 2.75) is 51.2 Å². The zero-order valence-electron chi connectivity index (χ0n) is 12.0. The number of amides is 1. The second kappa shape index (κ2) is 6.50. The molecular formula is C16H20F3NO. The Morgan fingerprint density at radius 1 is 1.14 bits per heavy atom. The van der Waals surface area contributed by atoms with Crippen molar-refractivity contribution in [2.24, 2.45) is 5.92 Å². The van der Waals surface area contributed by atoms with Gasteiger partial charge in [-0.3, -0.25) is 4.79 Å². The molecular weight excluding hydrogens is 279 g/mol. The molecule has 0 spiro atoms. The first kappa shape index (κ1) is 15.9. The van der Waals surface area contributed by atoms with Crippen LogP contribution in [0.15, 0.2) is 24.3 Å². The van der Waals surface area contributed by atoms with Crippen LogP contribution >= 0.6 is 0 Å². The van der Waals surface area contributed by atoms with E-state index in [2.05, 4.69) is 5.32 Å². The Morgan fingerprint density at radius 3 is 2.24 bits per heavy atom. The third-order valence-electron chi connectivity index (χ3n) is 4.07. The molecule has 1 aromatic rings. The highest BCUT2D eigenvalue weighted by molar-refractivity contribution is 5.79. The van der Waals surface area contributed by atoms with Crippen molar-refractivity contribution in [1.29, 1.82) is 0 Å². The number of benzene rings is 1. The third-order valence-corrected chi connectivity index (χ3v) is 4.07. The molecule has 0 heterocycles. The molecule has 1 N–H and O–H groups in total. The van der Waals surface area contributed by atoms with Crippen molar-refractivity contribution in [3.63, 3.8) is 0 Å². The van der Waals surface area contributed by atoms with Crippen LogP contribution in [0.25, 0.3) is 0 Å². The molecule has 1 atom stereocenters. The first-order valence-electron chi connectivity index (χ1n) is 7.35. The van der Waals surface area contributed by atoms with Gasteiger partial charge in [0.25, 0.3) is 0 Å². The summed E-state index contributed by atoms with van der Waals surface area (Å²) in [6.07, 6.45) is 0.821. The molecule has 1 aliphatic carbocycles. The Morgan fingerprint density at radius 2 is 1.71 bits per heavy atom. The van der Waals surface area contributed by atoms with E-state index in [1.54, 1.807) is 6.92 Å². The Bertz CT molecular complexity index is 475. The minimum atomic E-state index is -4.33. The summed E-state index contributed by atoms with van der Waals surface area (Å²) in [5, 5.41) is 2.90. The topological polar surface area (TPSA) is 29.1 Å². The van der Waals surface area contributed by atoms with Gasteiger partial charge in [0.1, 0.15) is 0 Å². The lowest BCUT2D eigenvalue weighted by Crippen LogP contribution is -2.33. The van der Waals surface area contributed by atoms with Gasteiger partial charge in [0, 0.05) is 5.92 Å². The van der Waals surface area contributed by atoms with Crippen LogP contribution in [0.4, 0.5) is 13.2 Å². The SMILES string of the molecule is CC(NC(=O)C1CCCCC1)c1ccc(C(F)(F)F)cc1. The Balaban J connectivity index is 1.96. The predicted octanol–water partition coefficient (Wildman–Crippen LogP) is 4.46. The largest absolute Gasteiger partial charge is 0.416 e. The van der Waals surface area contributed by atoms with Gasteiger partial charge in [0.15, 0.2) is 0 Å². The van der Waals surface area contributed by atoms with E-state index in [1.807, 2.05) is 0 Å². The van der Waals surface area contributed by atoms with Crippen LogP contribution in [-0.2, 0) is 11.0 Å². The number of alkyl halides is 3. The molecule has 1 fully saturated rings. The van der Waals surface area contributed by atoms with Gasteiger partial charge in [-0.25, -0.2) is 0 Å². The fourth-order valence-electron chi connectivity index (χ4n) is 2.74. The molecule has 2 nitrogen and oxygen atoms in total. The summed E-state index contributed by atoms with van der Waals surface area (Å²) in [7, 11) is 0. The minimum absolute atomic E-state index is 0.0158. The molecule has 0 saturated heterocycles. The lowest BCUT2D eigenvalue weighted by atomic mass is 9.88. The molecule has 21 heavy (non-hydrogen) atoms. The predicted molar refractivity (Wildman–Crippen MR) is 74.6 cm³/mol. The van der Waals surface area contributed by atoms with Crippen molar-refractivity contribution < 1.29 is 18.0 Å². The maximum Gasteiger partial charge on any atom is 0.416 e. The van der Waals surface area contributed by atoms with E-state index >= 15 is 0 Å². The van der Waals surface area contributed by atoms with Gasteiger partial charge in [0.05, 0.1) is 11.6 Å². The van der Waals surface area contributed by atoms with E-state index in [1.165, 1.54) is 18.6 Å². The Hall–Kier alpha value is -1.52. The zero-order valence-corrected chi connectivity index (χ0v) is 12.0. The zero-order chi connectivity index (χ0) is 15.5. The van der Waals surface area contributed by atoms with Crippen molar-refractivity contribution >= 4 is 5.91 Å². The average Bonchev–Trinajstić information content (AvgIpc) is 2.47. The summed E-state index contributed by atoms with van der Waals surface area (Å²) < 4.78 is 37.5. The lowest BCUT2D eigenvalue weighted by molar-refractivity contribution is -0.137. The van der Waals surface area contributed by atoms with Crippen LogP contribution in [0, 0.1) is 5.92 Å². The summed E-state index contributed by atoms with van der Waals surface area (Å²) in [6.45, 7) is 1.79. The van der Waals surface area contributed by atoms with Gasteiger partial charge in [-0.15, -0.1) is 0 Å². The molecule has 2 rings (SSSR count). The molecule has 5 heteroatoms. The van der Waals surface area contributed by atoms with Crippen LogP contribution in [0.5, 0.6) is 0 Å². The first-order valence-corrected chi connectivity index (χ1v) is 7.35. The summed E-state index contributed by atoms with van der Waals surface area (Å²) >= 11 is 0. The summed E-state index contributed by atoms with van der Waals surface area (Å²) in [4.78, 5) is 12.1. The number of carbonyl (C=O) groups is 1. The second-order valence-electron chi connectivity index (χ2n) is 5.68. The highest BCUT2D eigenvalue weighted by Crippen LogP contribution is 2.30. The van der Waals surface area contributed by atoms with E-state index in [0.29, 0.717) is 5.56 Å². The van der Waals surface area contributed by atoms with E-state index in [0.717, 1.165) is 37.8 Å². The monoisotopic (exact) mass is 299 g/mol. The Labute approximate surface area is 122 Å². The maximum atomic E-state index is 12.5. The van der Waals surface area contributed by atoms with Crippen LogP contribution in [0.3, 0.4) is 0 Å². The smallest absolute Gasteiger partial charge is 0.349 e. The summed E-state index contributed by atoms with van der Waals surface area (Å²) in [5.41, 5.74) is 0.0178. The molecule has 0 aromatic heterocycles. The van der Waals surface area contributed by atoms with E-state index < -0.39 is 11.7 Å². The molecule has 116 valence electrons. The minimum Gasteiger partial charge on any atom is -0.349 e. The van der Waals surface area contributed by atoms with Gasteiger partial charge in [-0.1, -0.05) is 31.4 Å². The second-order valence-corrected chi connectivity index (χ2v) is 5.68. The lowest BCUT2D eigenvalue weighted by Gasteiger charge is -2.23. The number of halogens is 3. The third kappa shape index (κ3) is 4.22. The standard InChI is InChI=1S/C16H20F3NO/c1-11(20-15(21)13-5-3-2-4-6-13)12-7-9-14(10-8-12)16(17,18)19/h7-11,13H,2-6H2,1H3,(H,20,21). The van der Waals surface area contributed by atoms with Crippen LogP contribution < -0.4 is 5.32 Å². The molecule has 0 aliphatic heterocycles. The van der Waals surface area contributed by atoms with E-state index in [4.69, 9.17) is 0 Å². The number of carbonyl (C=O) groups excluding carboxylic acids is 1. The fourth-order valence-corrected chi connectivity index (χ4v) is 2.74. The van der Waals surface area contributed by atoms with Crippen molar-refractivity contribution in [2.75, 3.05) is 0 Å². The highest BCUT2D eigenvalue weighted by atomic mass is 19.4. The number of hydrogen-bond donors (Lipinski definition) is 1. The molecule has 1 aliphatic rings. The molecule has 0 radical (unpaired) electrons. The van der Waals surface area contributed by atoms with Gasteiger partial charge >= 0.3 is 6.18 Å². The average molecular weight is 299 g/mol. The molecule has 1 aromatic carbocycles. The number of hydrogen-bond acceptors (Lipinski definition) is 1. The van der Waals surface area contributed by atoms with Crippen LogP contribution in [0.2, 0.25) is 0 Å². The number of rotatable bonds is 3. The van der Waals surface area contributed by atoms with Gasteiger partial charge in [-0.05, 0) is 37.5 Å². The normalized spacial score (nSPS) is 18.3. The van der Waals surface area contributed by atoms with Gasteiger partial charge in [-0.2, -0.15) is 13.2 Å². The first-order chi connectivity index (χ1) is 9.88. The van der Waals surface area contributed by atoms with Crippen LogP contribution in [0.1, 0.15) is 56.2 Å². The quantitative estimate of drug-likeness (QED) is 0.877. The van der Waals surface area contributed by atoms with Crippen molar-refractivity contribution in [3.8, 4) is 0 Å².